The minimum Gasteiger partial charge on any atom is -0.390 e. The Morgan fingerprint density at radius 1 is 1.25 bits per heavy atom. The highest BCUT2D eigenvalue weighted by atomic mass is 19.1. The molecule has 0 bridgehead atoms. The van der Waals surface area contributed by atoms with E-state index in [-0.39, 0.29) is 29.1 Å². The van der Waals surface area contributed by atoms with E-state index in [0.717, 1.165) is 12.1 Å². The van der Waals surface area contributed by atoms with E-state index < -0.39 is 11.6 Å². The third kappa shape index (κ3) is 1.83. The minimum absolute atomic E-state index is 0.0133. The summed E-state index contributed by atoms with van der Waals surface area (Å²) in [4.78, 5) is 0. The van der Waals surface area contributed by atoms with Crippen LogP contribution in [0.4, 0.5) is 8.78 Å². The van der Waals surface area contributed by atoms with Crippen LogP contribution < -0.4 is 5.46 Å². The molecule has 80 valence electrons. The van der Waals surface area contributed by atoms with Gasteiger partial charge in [0.05, 0.1) is 12.2 Å². The molecule has 0 fully saturated rings. The predicted molar refractivity (Wildman–Crippen MR) is 53.2 cm³/mol. The normalized spacial score (nSPS) is 10.7. The number of aliphatic hydroxyl groups is 1. The lowest BCUT2D eigenvalue weighted by atomic mass is 9.94. The molecule has 1 heterocycles. The van der Waals surface area contributed by atoms with Gasteiger partial charge in [-0.2, -0.15) is 0 Å². The van der Waals surface area contributed by atoms with Crippen LogP contribution in [0.1, 0.15) is 5.69 Å². The van der Waals surface area contributed by atoms with Crippen LogP contribution in [0.2, 0.25) is 0 Å². The van der Waals surface area contributed by atoms with Crippen molar-refractivity contribution < 1.29 is 18.4 Å². The molecule has 0 aliphatic rings. The summed E-state index contributed by atoms with van der Waals surface area (Å²) in [6.07, 6.45) is 0. The highest BCUT2D eigenvalue weighted by Gasteiger charge is 2.16. The van der Waals surface area contributed by atoms with Crippen LogP contribution in [0.25, 0.3) is 11.3 Å². The molecule has 16 heavy (non-hydrogen) atoms. The number of nitrogens with zero attached hydrogens (tertiary/aromatic N) is 1. The van der Waals surface area contributed by atoms with Gasteiger partial charge in [-0.15, -0.1) is 0 Å². The quantitative estimate of drug-likeness (QED) is 0.766. The average molecular weight is 221 g/mol. The summed E-state index contributed by atoms with van der Waals surface area (Å²) in [7, 11) is 5.27. The van der Waals surface area contributed by atoms with Gasteiger partial charge in [0.25, 0.3) is 0 Å². The number of hydrogen-bond donors (Lipinski definition) is 1. The smallest absolute Gasteiger partial charge is 0.173 e. The van der Waals surface area contributed by atoms with Crippen LogP contribution in [0, 0.1) is 11.6 Å². The van der Waals surface area contributed by atoms with Crippen molar-refractivity contribution in [3.05, 3.63) is 35.5 Å². The fourth-order valence-corrected chi connectivity index (χ4v) is 1.33. The zero-order valence-electron chi connectivity index (χ0n) is 8.08. The maximum absolute atomic E-state index is 13.4. The van der Waals surface area contributed by atoms with E-state index in [1.54, 1.807) is 0 Å². The van der Waals surface area contributed by atoms with E-state index in [1.807, 2.05) is 0 Å². The highest BCUT2D eigenvalue weighted by molar-refractivity contribution is 6.32. The van der Waals surface area contributed by atoms with Crippen molar-refractivity contribution in [3.63, 3.8) is 0 Å². The first kappa shape index (κ1) is 10.8. The lowest BCUT2D eigenvalue weighted by molar-refractivity contribution is 0.267. The van der Waals surface area contributed by atoms with E-state index in [0.29, 0.717) is 0 Å². The molecule has 2 rings (SSSR count). The highest BCUT2D eigenvalue weighted by Crippen LogP contribution is 2.25. The molecule has 1 N–H and O–H groups in total. The van der Waals surface area contributed by atoms with Gasteiger partial charge in [0.15, 0.2) is 5.76 Å². The van der Waals surface area contributed by atoms with Gasteiger partial charge < -0.3 is 9.63 Å². The molecule has 0 amide bonds. The van der Waals surface area contributed by atoms with Gasteiger partial charge in [-0.1, -0.05) is 10.6 Å². The number of aliphatic hydroxyl groups excluding tert-OH is 1. The third-order valence-electron chi connectivity index (χ3n) is 2.03. The fourth-order valence-electron chi connectivity index (χ4n) is 1.33. The first-order valence-electron chi connectivity index (χ1n) is 4.43. The summed E-state index contributed by atoms with van der Waals surface area (Å²) in [6.45, 7) is -0.359. The van der Waals surface area contributed by atoms with Crippen molar-refractivity contribution in [2.45, 2.75) is 6.61 Å². The van der Waals surface area contributed by atoms with E-state index >= 15 is 0 Å². The van der Waals surface area contributed by atoms with Crippen molar-refractivity contribution in [2.75, 3.05) is 0 Å². The number of rotatable bonds is 2. The van der Waals surface area contributed by atoms with Crippen LogP contribution >= 0.6 is 0 Å². The fraction of sp³-hybridized carbons (Fsp3) is 0.100. The molecule has 0 atom stereocenters. The largest absolute Gasteiger partial charge is 0.390 e. The zero-order valence-corrected chi connectivity index (χ0v) is 8.08. The molecule has 0 saturated heterocycles. The molecule has 2 radical (unpaired) electrons. The SMILES string of the molecule is [B]c1cc(F)c(-c2cc(CO)no2)c(F)c1. The van der Waals surface area contributed by atoms with Crippen molar-refractivity contribution in [2.24, 2.45) is 0 Å². The van der Waals surface area contributed by atoms with E-state index in [9.17, 15) is 8.78 Å². The summed E-state index contributed by atoms with van der Waals surface area (Å²) < 4.78 is 31.6. The Labute approximate surface area is 91.1 Å². The summed E-state index contributed by atoms with van der Waals surface area (Å²) in [5, 5.41) is 12.2. The maximum atomic E-state index is 13.4. The Balaban J connectivity index is 2.55. The van der Waals surface area contributed by atoms with Crippen LogP contribution in [-0.4, -0.2) is 18.1 Å². The predicted octanol–water partition coefficient (Wildman–Crippen LogP) is 0.906. The summed E-state index contributed by atoms with van der Waals surface area (Å²) >= 11 is 0. The minimum atomic E-state index is -0.835. The van der Waals surface area contributed by atoms with E-state index in [1.165, 1.54) is 6.07 Å². The molecule has 0 aliphatic carbocycles. The summed E-state index contributed by atoms with van der Waals surface area (Å²) in [5.41, 5.74) is -0.160. The molecular formula is C10H6BF2NO2. The van der Waals surface area contributed by atoms with Gasteiger partial charge in [0, 0.05) is 6.07 Å². The van der Waals surface area contributed by atoms with Crippen molar-refractivity contribution >= 4 is 13.3 Å². The van der Waals surface area contributed by atoms with E-state index in [4.69, 9.17) is 17.5 Å². The van der Waals surface area contributed by atoms with Gasteiger partial charge in [-0.25, -0.2) is 8.78 Å². The van der Waals surface area contributed by atoms with Crippen molar-refractivity contribution in [1.29, 1.82) is 0 Å². The molecule has 6 heteroatoms. The van der Waals surface area contributed by atoms with Crippen LogP contribution in [0.15, 0.2) is 22.7 Å². The van der Waals surface area contributed by atoms with Crippen molar-refractivity contribution in [3.8, 4) is 11.3 Å². The second-order valence-electron chi connectivity index (χ2n) is 3.20. The summed E-state index contributed by atoms with van der Waals surface area (Å²) in [6, 6.07) is 3.23. The number of hydrogen-bond acceptors (Lipinski definition) is 3. The molecule has 0 saturated carbocycles. The van der Waals surface area contributed by atoms with Gasteiger partial charge in [-0.05, 0) is 12.1 Å². The molecule has 0 unspecified atom stereocenters. The number of benzene rings is 1. The second-order valence-corrected chi connectivity index (χ2v) is 3.20. The molecule has 2 aromatic rings. The Morgan fingerprint density at radius 2 is 1.88 bits per heavy atom. The number of halogens is 2. The van der Waals surface area contributed by atoms with Gasteiger partial charge >= 0.3 is 0 Å². The molecule has 1 aromatic heterocycles. The second kappa shape index (κ2) is 4.06. The Kier molecular flexibility index (Phi) is 2.74. The zero-order chi connectivity index (χ0) is 11.7. The molecule has 0 aliphatic heterocycles. The molecule has 1 aromatic carbocycles. The van der Waals surface area contributed by atoms with Crippen molar-refractivity contribution in [1.82, 2.24) is 5.16 Å². The van der Waals surface area contributed by atoms with Gasteiger partial charge in [0.1, 0.15) is 25.2 Å². The Morgan fingerprint density at radius 3 is 2.38 bits per heavy atom. The Bertz CT molecular complexity index is 504. The van der Waals surface area contributed by atoms with Gasteiger partial charge in [0.2, 0.25) is 0 Å². The van der Waals surface area contributed by atoms with Crippen LogP contribution in [-0.2, 0) is 6.61 Å². The summed E-state index contributed by atoms with van der Waals surface area (Å²) in [5.74, 6) is -1.75. The van der Waals surface area contributed by atoms with Crippen LogP contribution in [0.3, 0.4) is 0 Å². The standard InChI is InChI=1S/C10H6BF2NO2/c11-5-1-7(12)10(8(13)2-5)9-3-6(4-15)14-16-9/h1-3,15H,4H2. The maximum Gasteiger partial charge on any atom is 0.173 e. The van der Waals surface area contributed by atoms with E-state index in [2.05, 4.69) is 5.16 Å². The average Bonchev–Trinajstić information content (AvgIpc) is 2.64. The topological polar surface area (TPSA) is 46.3 Å². The Hall–Kier alpha value is -1.69. The molecule has 0 spiro atoms. The van der Waals surface area contributed by atoms with Crippen LogP contribution in [0.5, 0.6) is 0 Å². The molecular weight excluding hydrogens is 215 g/mol. The first-order valence-corrected chi connectivity index (χ1v) is 4.43. The first-order chi connectivity index (χ1) is 7.61. The third-order valence-corrected chi connectivity index (χ3v) is 2.03. The number of aromatic nitrogens is 1. The lowest BCUT2D eigenvalue weighted by Gasteiger charge is -2.02. The monoisotopic (exact) mass is 221 g/mol. The van der Waals surface area contributed by atoms with Gasteiger partial charge in [-0.3, -0.25) is 0 Å². The molecule has 3 nitrogen and oxygen atoms in total. The lowest BCUT2D eigenvalue weighted by Crippen LogP contribution is -2.06.